The molecule has 0 unspecified atom stereocenters. The predicted octanol–water partition coefficient (Wildman–Crippen LogP) is 3.36. The highest BCUT2D eigenvalue weighted by Crippen LogP contribution is 2.20. The number of hydrogen-bond acceptors (Lipinski definition) is 4. The van der Waals surface area contributed by atoms with E-state index >= 15 is 0 Å². The molecule has 1 saturated heterocycles. The Morgan fingerprint density at radius 1 is 1.35 bits per heavy atom. The molecule has 3 rings (SSSR count). The monoisotopic (exact) mass is 288 g/mol. The van der Waals surface area contributed by atoms with Gasteiger partial charge in [0.2, 0.25) is 0 Å². The molecule has 1 aliphatic rings. The van der Waals surface area contributed by atoms with E-state index in [0.29, 0.717) is 6.10 Å². The summed E-state index contributed by atoms with van der Waals surface area (Å²) in [4.78, 5) is 7.07. The second kappa shape index (κ2) is 6.37. The Morgan fingerprint density at radius 3 is 2.95 bits per heavy atom. The van der Waals surface area contributed by atoms with E-state index in [1.807, 2.05) is 30.3 Å². The van der Waals surface area contributed by atoms with Crippen molar-refractivity contribution in [2.24, 2.45) is 0 Å². The van der Waals surface area contributed by atoms with E-state index in [1.165, 1.54) is 10.7 Å². The van der Waals surface area contributed by atoms with Crippen LogP contribution in [0.3, 0.4) is 0 Å². The fraction of sp³-hybridized carbons (Fsp3) is 0.438. The molecule has 0 N–H and O–H groups in total. The lowest BCUT2D eigenvalue weighted by atomic mass is 10.3. The van der Waals surface area contributed by atoms with Gasteiger partial charge in [0.05, 0.1) is 10.7 Å². The van der Waals surface area contributed by atoms with E-state index in [1.54, 1.807) is 11.3 Å². The van der Waals surface area contributed by atoms with Gasteiger partial charge in [-0.25, -0.2) is 4.98 Å². The lowest BCUT2D eigenvalue weighted by Crippen LogP contribution is -2.24. The van der Waals surface area contributed by atoms with Crippen molar-refractivity contribution in [3.8, 4) is 5.75 Å². The van der Waals surface area contributed by atoms with Gasteiger partial charge in [0.25, 0.3) is 0 Å². The van der Waals surface area contributed by atoms with E-state index in [-0.39, 0.29) is 0 Å². The fourth-order valence-electron chi connectivity index (χ4n) is 2.54. The van der Waals surface area contributed by atoms with Crippen molar-refractivity contribution >= 4 is 11.3 Å². The molecule has 1 atom stereocenters. The number of ether oxygens (including phenoxy) is 1. The van der Waals surface area contributed by atoms with Gasteiger partial charge in [-0.05, 0) is 25.0 Å². The zero-order chi connectivity index (χ0) is 13.8. The van der Waals surface area contributed by atoms with Crippen LogP contribution in [0.1, 0.15) is 24.0 Å². The molecule has 0 radical (unpaired) electrons. The third-order valence-electron chi connectivity index (χ3n) is 3.56. The smallest absolute Gasteiger partial charge is 0.119 e. The molecule has 2 heterocycles. The molecule has 0 saturated carbocycles. The number of rotatable bonds is 5. The zero-order valence-electron chi connectivity index (χ0n) is 11.8. The van der Waals surface area contributed by atoms with Crippen molar-refractivity contribution in [3.05, 3.63) is 46.4 Å². The second-order valence-corrected chi connectivity index (χ2v) is 6.11. The van der Waals surface area contributed by atoms with Gasteiger partial charge in [-0.2, -0.15) is 0 Å². The van der Waals surface area contributed by atoms with Crippen LogP contribution in [0.15, 0.2) is 35.7 Å². The number of hydrogen-bond donors (Lipinski definition) is 0. The van der Waals surface area contributed by atoms with Crippen molar-refractivity contribution in [1.82, 2.24) is 9.88 Å². The number of nitrogens with zero attached hydrogens (tertiary/aromatic N) is 2. The minimum absolute atomic E-state index is 0.307. The molecule has 20 heavy (non-hydrogen) atoms. The summed E-state index contributed by atoms with van der Waals surface area (Å²) in [6.07, 6.45) is 2.44. The largest absolute Gasteiger partial charge is 0.489 e. The topological polar surface area (TPSA) is 25.4 Å². The summed E-state index contributed by atoms with van der Waals surface area (Å²) in [6.45, 7) is 5.19. The molecule has 0 bridgehead atoms. The highest BCUT2D eigenvalue weighted by Gasteiger charge is 2.24. The standard InChI is InChI=1S/C16H20N2OS/c1-2-16-17-13(12-20-16)10-18-9-8-15(11-18)19-14-6-4-3-5-7-14/h3-7,12,15H,2,8-11H2,1H3/t15-/m0/s1. The van der Waals surface area contributed by atoms with Crippen LogP contribution in [0, 0.1) is 0 Å². The quantitative estimate of drug-likeness (QED) is 0.843. The van der Waals surface area contributed by atoms with Crippen molar-refractivity contribution in [2.45, 2.75) is 32.4 Å². The first kappa shape index (κ1) is 13.6. The summed E-state index contributed by atoms with van der Waals surface area (Å²) in [7, 11) is 0. The number of para-hydroxylation sites is 1. The van der Waals surface area contributed by atoms with Gasteiger partial charge in [-0.15, -0.1) is 11.3 Å². The van der Waals surface area contributed by atoms with Crippen LogP contribution in [0.2, 0.25) is 0 Å². The number of likely N-dealkylation sites (tertiary alicyclic amines) is 1. The minimum atomic E-state index is 0.307. The maximum Gasteiger partial charge on any atom is 0.119 e. The molecule has 0 amide bonds. The van der Waals surface area contributed by atoms with Crippen LogP contribution in [0.5, 0.6) is 5.75 Å². The van der Waals surface area contributed by atoms with Gasteiger partial charge in [0.15, 0.2) is 0 Å². The summed E-state index contributed by atoms with van der Waals surface area (Å²) in [5.41, 5.74) is 1.20. The molecule has 4 heteroatoms. The SMILES string of the molecule is CCc1nc(CN2CC[C@H](Oc3ccccc3)C2)cs1. The molecule has 1 aromatic heterocycles. The maximum atomic E-state index is 6.01. The highest BCUT2D eigenvalue weighted by atomic mass is 32.1. The molecular weight excluding hydrogens is 268 g/mol. The number of benzene rings is 1. The molecule has 0 spiro atoms. The van der Waals surface area contributed by atoms with Gasteiger partial charge < -0.3 is 4.74 Å². The van der Waals surface area contributed by atoms with Crippen LogP contribution >= 0.6 is 11.3 Å². The van der Waals surface area contributed by atoms with Crippen LogP contribution in [0.25, 0.3) is 0 Å². The number of thiazole rings is 1. The summed E-state index contributed by atoms with van der Waals surface area (Å²) in [5, 5.41) is 3.42. The molecule has 3 nitrogen and oxygen atoms in total. The van der Waals surface area contributed by atoms with Crippen molar-refractivity contribution in [1.29, 1.82) is 0 Å². The molecule has 0 aliphatic carbocycles. The van der Waals surface area contributed by atoms with Gasteiger partial charge in [0, 0.05) is 25.0 Å². The molecule has 1 aliphatic heterocycles. The van der Waals surface area contributed by atoms with E-state index in [4.69, 9.17) is 4.74 Å². The fourth-order valence-corrected chi connectivity index (χ4v) is 3.28. The first-order valence-corrected chi connectivity index (χ1v) is 8.09. The summed E-state index contributed by atoms with van der Waals surface area (Å²) >= 11 is 1.77. The zero-order valence-corrected chi connectivity index (χ0v) is 12.6. The number of aryl methyl sites for hydroxylation is 1. The van der Waals surface area contributed by atoms with Crippen molar-refractivity contribution in [3.63, 3.8) is 0 Å². The maximum absolute atomic E-state index is 6.01. The summed E-state index contributed by atoms with van der Waals surface area (Å²) in [5.74, 6) is 0.973. The summed E-state index contributed by atoms with van der Waals surface area (Å²) in [6, 6.07) is 10.1. The number of aromatic nitrogens is 1. The Labute approximate surface area is 124 Å². The second-order valence-electron chi connectivity index (χ2n) is 5.16. The average Bonchev–Trinajstić information content (AvgIpc) is 3.10. The van der Waals surface area contributed by atoms with Gasteiger partial charge >= 0.3 is 0 Å². The van der Waals surface area contributed by atoms with Crippen molar-refractivity contribution in [2.75, 3.05) is 13.1 Å². The van der Waals surface area contributed by atoms with E-state index < -0.39 is 0 Å². The third-order valence-corrected chi connectivity index (χ3v) is 4.60. The molecule has 1 fully saturated rings. The Morgan fingerprint density at radius 2 is 2.20 bits per heavy atom. The van der Waals surface area contributed by atoms with E-state index in [0.717, 1.165) is 38.2 Å². The Balaban J connectivity index is 1.52. The van der Waals surface area contributed by atoms with Crippen molar-refractivity contribution < 1.29 is 4.74 Å². The molecule has 2 aromatic rings. The Kier molecular flexibility index (Phi) is 4.33. The van der Waals surface area contributed by atoms with Gasteiger partial charge in [0.1, 0.15) is 11.9 Å². The average molecular weight is 288 g/mol. The van der Waals surface area contributed by atoms with Gasteiger partial charge in [-0.1, -0.05) is 25.1 Å². The minimum Gasteiger partial charge on any atom is -0.489 e. The van der Waals surface area contributed by atoms with Crippen LogP contribution < -0.4 is 4.74 Å². The van der Waals surface area contributed by atoms with Gasteiger partial charge in [-0.3, -0.25) is 4.90 Å². The first-order valence-electron chi connectivity index (χ1n) is 7.21. The Hall–Kier alpha value is -1.39. The first-order chi connectivity index (χ1) is 9.83. The van der Waals surface area contributed by atoms with Crippen LogP contribution in [-0.2, 0) is 13.0 Å². The summed E-state index contributed by atoms with van der Waals surface area (Å²) < 4.78 is 6.01. The highest BCUT2D eigenvalue weighted by molar-refractivity contribution is 7.09. The predicted molar refractivity (Wildman–Crippen MR) is 82.2 cm³/mol. The van der Waals surface area contributed by atoms with E-state index in [9.17, 15) is 0 Å². The lowest BCUT2D eigenvalue weighted by Gasteiger charge is -2.15. The Bertz CT molecular complexity index is 540. The molecule has 106 valence electrons. The third kappa shape index (κ3) is 3.38. The normalized spacial score (nSPS) is 19.4. The molecule has 1 aromatic carbocycles. The van der Waals surface area contributed by atoms with E-state index in [2.05, 4.69) is 22.2 Å². The van der Waals surface area contributed by atoms with Crippen LogP contribution in [0.4, 0.5) is 0 Å². The lowest BCUT2D eigenvalue weighted by molar-refractivity contribution is 0.198. The van der Waals surface area contributed by atoms with Crippen LogP contribution in [-0.4, -0.2) is 29.1 Å². The molecular formula is C16H20N2OS.